The van der Waals surface area contributed by atoms with Crippen molar-refractivity contribution >= 4 is 28.9 Å². The fraction of sp³-hybridized carbons (Fsp3) is 0.0833. The lowest BCUT2D eigenvalue weighted by Gasteiger charge is -2.13. The van der Waals surface area contributed by atoms with Gasteiger partial charge in [0.2, 0.25) is 0 Å². The van der Waals surface area contributed by atoms with E-state index >= 15 is 0 Å². The summed E-state index contributed by atoms with van der Waals surface area (Å²) in [5.74, 6) is -0.844. The number of fused-ring (bicyclic) bond motifs is 1. The molecule has 2 amide bonds. The zero-order valence-corrected chi connectivity index (χ0v) is 17.9. The summed E-state index contributed by atoms with van der Waals surface area (Å²) >= 11 is 0. The van der Waals surface area contributed by atoms with E-state index in [1.54, 1.807) is 54.6 Å². The number of rotatable bonds is 7. The maximum atomic E-state index is 11.4. The van der Waals surface area contributed by atoms with Crippen LogP contribution in [-0.4, -0.2) is 38.0 Å². The molecule has 0 aliphatic heterocycles. The molecule has 0 radical (unpaired) electrons. The molecule has 0 fully saturated rings. The molecule has 9 N–H and O–H groups in total. The van der Waals surface area contributed by atoms with Gasteiger partial charge in [-0.05, 0) is 53.1 Å². The molecule has 172 valence electrons. The molecule has 0 saturated heterocycles. The van der Waals surface area contributed by atoms with Crippen LogP contribution in [0.4, 0.5) is 4.79 Å². The van der Waals surface area contributed by atoms with E-state index in [0.29, 0.717) is 44.7 Å². The van der Waals surface area contributed by atoms with Gasteiger partial charge in [-0.1, -0.05) is 18.2 Å². The molecular formula is C24H22N6O4. The molecule has 0 bridgehead atoms. The summed E-state index contributed by atoms with van der Waals surface area (Å²) < 4.78 is 0. The fourth-order valence-corrected chi connectivity index (χ4v) is 3.71. The summed E-state index contributed by atoms with van der Waals surface area (Å²) in [4.78, 5) is 30.1. The number of carboxylic acids is 1. The molecular weight excluding hydrogens is 436 g/mol. The Labute approximate surface area is 193 Å². The second-order valence-electron chi connectivity index (χ2n) is 7.76. The van der Waals surface area contributed by atoms with E-state index in [4.69, 9.17) is 16.9 Å². The van der Waals surface area contributed by atoms with Gasteiger partial charge >= 0.3 is 12.0 Å². The van der Waals surface area contributed by atoms with Crippen molar-refractivity contribution in [2.45, 2.75) is 13.0 Å². The number of carbonyl (C=O) groups is 2. The quantitative estimate of drug-likeness (QED) is 0.164. The number of aromatic hydroxyl groups is 1. The van der Waals surface area contributed by atoms with E-state index in [9.17, 15) is 19.8 Å². The Morgan fingerprint density at radius 2 is 1.79 bits per heavy atom. The third-order valence-electron chi connectivity index (χ3n) is 5.28. The van der Waals surface area contributed by atoms with Gasteiger partial charge in [-0.2, -0.15) is 0 Å². The van der Waals surface area contributed by atoms with Gasteiger partial charge in [0.05, 0.1) is 23.0 Å². The van der Waals surface area contributed by atoms with Crippen LogP contribution in [0.3, 0.4) is 0 Å². The van der Waals surface area contributed by atoms with Gasteiger partial charge in [0.25, 0.3) is 0 Å². The lowest BCUT2D eigenvalue weighted by atomic mass is 9.95. The highest BCUT2D eigenvalue weighted by Gasteiger charge is 2.18. The van der Waals surface area contributed by atoms with Gasteiger partial charge in [-0.3, -0.25) is 10.2 Å². The summed E-state index contributed by atoms with van der Waals surface area (Å²) in [6.07, 6.45) is -0.252. The van der Waals surface area contributed by atoms with E-state index in [1.165, 1.54) is 0 Å². The average Bonchev–Trinajstić information content (AvgIpc) is 3.21. The SMILES string of the molecule is N=C(N)c1ccc2nc(-c3cc(CC(=O)O)cc(-c4cccc(CNC(N)=O)c4)c3O)[nH]c2c1. The monoisotopic (exact) mass is 458 g/mol. The molecule has 0 spiro atoms. The summed E-state index contributed by atoms with van der Waals surface area (Å²) in [6.45, 7) is 0.202. The summed E-state index contributed by atoms with van der Waals surface area (Å²) in [5, 5.41) is 30.7. The number of urea groups is 1. The van der Waals surface area contributed by atoms with Crippen molar-refractivity contribution in [1.82, 2.24) is 15.3 Å². The predicted molar refractivity (Wildman–Crippen MR) is 127 cm³/mol. The van der Waals surface area contributed by atoms with Crippen LogP contribution in [-0.2, 0) is 17.8 Å². The number of hydrogen-bond donors (Lipinski definition) is 7. The summed E-state index contributed by atoms with van der Waals surface area (Å²) in [6, 6.07) is 14.7. The number of phenols is 1. The molecule has 0 unspecified atom stereocenters. The van der Waals surface area contributed by atoms with Crippen molar-refractivity contribution in [1.29, 1.82) is 5.41 Å². The van der Waals surface area contributed by atoms with Gasteiger partial charge in [0.1, 0.15) is 17.4 Å². The van der Waals surface area contributed by atoms with Crippen LogP contribution >= 0.6 is 0 Å². The number of nitrogens with one attached hydrogen (secondary N) is 3. The number of aliphatic carboxylic acids is 1. The second-order valence-corrected chi connectivity index (χ2v) is 7.76. The Morgan fingerprint density at radius 3 is 2.50 bits per heavy atom. The third-order valence-corrected chi connectivity index (χ3v) is 5.28. The molecule has 0 atom stereocenters. The van der Waals surface area contributed by atoms with Crippen LogP contribution in [0, 0.1) is 5.41 Å². The largest absolute Gasteiger partial charge is 0.507 e. The lowest BCUT2D eigenvalue weighted by molar-refractivity contribution is -0.136. The minimum absolute atomic E-state index is 0.0833. The second kappa shape index (κ2) is 8.94. The Balaban J connectivity index is 1.84. The maximum absolute atomic E-state index is 11.4. The molecule has 3 aromatic carbocycles. The van der Waals surface area contributed by atoms with Crippen molar-refractivity contribution in [3.63, 3.8) is 0 Å². The van der Waals surface area contributed by atoms with Crippen LogP contribution in [0.1, 0.15) is 16.7 Å². The molecule has 34 heavy (non-hydrogen) atoms. The number of amidine groups is 1. The van der Waals surface area contributed by atoms with Crippen molar-refractivity contribution in [2.75, 3.05) is 0 Å². The fourth-order valence-electron chi connectivity index (χ4n) is 3.71. The van der Waals surface area contributed by atoms with Gasteiger partial charge < -0.3 is 32.0 Å². The molecule has 1 heterocycles. The van der Waals surface area contributed by atoms with E-state index in [0.717, 1.165) is 5.56 Å². The van der Waals surface area contributed by atoms with Crippen molar-refractivity contribution < 1.29 is 19.8 Å². The average molecular weight is 458 g/mol. The third kappa shape index (κ3) is 4.65. The van der Waals surface area contributed by atoms with Crippen LogP contribution in [0.15, 0.2) is 54.6 Å². The van der Waals surface area contributed by atoms with E-state index < -0.39 is 12.0 Å². The normalized spacial score (nSPS) is 10.8. The van der Waals surface area contributed by atoms with Crippen LogP contribution in [0.2, 0.25) is 0 Å². The first-order valence-electron chi connectivity index (χ1n) is 10.3. The first kappa shape index (κ1) is 22.3. The highest BCUT2D eigenvalue weighted by Crippen LogP contribution is 2.39. The predicted octanol–water partition coefficient (Wildman–Crippen LogP) is 2.68. The van der Waals surface area contributed by atoms with Crippen molar-refractivity contribution in [2.24, 2.45) is 11.5 Å². The number of carbonyl (C=O) groups excluding carboxylic acids is 1. The molecule has 4 rings (SSSR count). The highest BCUT2D eigenvalue weighted by molar-refractivity contribution is 5.98. The van der Waals surface area contributed by atoms with E-state index in [2.05, 4.69) is 15.3 Å². The van der Waals surface area contributed by atoms with Gasteiger partial charge in [-0.15, -0.1) is 0 Å². The number of nitrogen functional groups attached to an aromatic ring is 1. The topological polar surface area (TPSA) is 191 Å². The highest BCUT2D eigenvalue weighted by atomic mass is 16.4. The van der Waals surface area contributed by atoms with Gasteiger partial charge in [0.15, 0.2) is 0 Å². The van der Waals surface area contributed by atoms with E-state index in [1.807, 2.05) is 0 Å². The number of imidazole rings is 1. The first-order chi connectivity index (χ1) is 16.2. The molecule has 0 aliphatic rings. The Kier molecular flexibility index (Phi) is 5.88. The van der Waals surface area contributed by atoms with Crippen LogP contribution in [0.25, 0.3) is 33.5 Å². The Bertz CT molecular complexity index is 1440. The number of benzene rings is 3. The van der Waals surface area contributed by atoms with Crippen molar-refractivity contribution in [3.8, 4) is 28.3 Å². The number of amides is 2. The lowest BCUT2D eigenvalue weighted by Crippen LogP contribution is -2.28. The molecule has 1 aromatic heterocycles. The number of H-pyrrole nitrogens is 1. The van der Waals surface area contributed by atoms with Crippen LogP contribution < -0.4 is 16.8 Å². The number of nitrogens with two attached hydrogens (primary N) is 2. The standard InChI is InChI=1S/C24H22N6O4/c25-22(26)15-4-5-18-19(10-15)30-23(29-18)17-8-13(9-20(31)32)7-16(21(17)33)14-3-1-2-12(6-14)11-28-24(27)34/h1-8,10,33H,9,11H2,(H3,25,26)(H,29,30)(H,31,32)(H3,27,28,34). The van der Waals surface area contributed by atoms with Crippen molar-refractivity contribution in [3.05, 3.63) is 71.3 Å². The summed E-state index contributed by atoms with van der Waals surface area (Å²) in [5.41, 5.74) is 15.1. The molecule has 10 nitrogen and oxygen atoms in total. The number of aromatic amines is 1. The van der Waals surface area contributed by atoms with Crippen LogP contribution in [0.5, 0.6) is 5.75 Å². The van der Waals surface area contributed by atoms with Gasteiger partial charge in [-0.25, -0.2) is 9.78 Å². The number of carboxylic acid groups (broad SMARTS) is 1. The maximum Gasteiger partial charge on any atom is 0.312 e. The number of aromatic nitrogens is 2. The zero-order chi connectivity index (χ0) is 24.4. The number of primary amides is 1. The Morgan fingerprint density at radius 1 is 1.03 bits per heavy atom. The van der Waals surface area contributed by atoms with Gasteiger partial charge in [0, 0.05) is 17.7 Å². The minimum Gasteiger partial charge on any atom is -0.507 e. The molecule has 4 aromatic rings. The van der Waals surface area contributed by atoms with E-state index in [-0.39, 0.29) is 24.6 Å². The smallest absolute Gasteiger partial charge is 0.312 e. The number of nitrogens with zero attached hydrogens (tertiary/aromatic N) is 1. The minimum atomic E-state index is -1.02. The molecule has 0 saturated carbocycles. The zero-order valence-electron chi connectivity index (χ0n) is 17.9. The number of phenolic OH excluding ortho intramolecular Hbond substituents is 1. The number of hydrogen-bond acceptors (Lipinski definition) is 5. The summed E-state index contributed by atoms with van der Waals surface area (Å²) in [7, 11) is 0. The first-order valence-corrected chi connectivity index (χ1v) is 10.3. The molecule has 10 heteroatoms. The molecule has 0 aliphatic carbocycles. The Hall–Kier alpha value is -4.86.